The van der Waals surface area contributed by atoms with E-state index in [2.05, 4.69) is 22.4 Å². The van der Waals surface area contributed by atoms with Gasteiger partial charge >= 0.3 is 5.97 Å². The van der Waals surface area contributed by atoms with Crippen molar-refractivity contribution in [3.05, 3.63) is 22.4 Å². The van der Waals surface area contributed by atoms with Gasteiger partial charge in [-0.15, -0.1) is 11.3 Å². The quantitative estimate of drug-likeness (QED) is 0.742. The molecule has 3 nitrogen and oxygen atoms in total. The SMILES string of the molecule is COC(=O)CN(CCc1cccs1)C1CCCC1. The zero-order valence-electron chi connectivity index (χ0n) is 10.9. The smallest absolute Gasteiger partial charge is 0.319 e. The van der Waals surface area contributed by atoms with Crippen molar-refractivity contribution in [1.29, 1.82) is 0 Å². The summed E-state index contributed by atoms with van der Waals surface area (Å²) in [6.45, 7) is 1.40. The van der Waals surface area contributed by atoms with Gasteiger partial charge in [0.1, 0.15) is 0 Å². The van der Waals surface area contributed by atoms with E-state index >= 15 is 0 Å². The maximum absolute atomic E-state index is 11.5. The number of esters is 1. The molecule has 1 aromatic rings. The van der Waals surface area contributed by atoms with Crippen molar-refractivity contribution in [1.82, 2.24) is 4.90 Å². The van der Waals surface area contributed by atoms with Gasteiger partial charge in [-0.3, -0.25) is 9.69 Å². The number of hydrogen-bond acceptors (Lipinski definition) is 4. The second-order valence-electron chi connectivity index (χ2n) is 4.81. The van der Waals surface area contributed by atoms with Crippen molar-refractivity contribution in [2.24, 2.45) is 0 Å². The Balaban J connectivity index is 1.88. The molecule has 0 aliphatic heterocycles. The molecule has 0 unspecified atom stereocenters. The third-order valence-electron chi connectivity index (χ3n) is 3.63. The van der Waals surface area contributed by atoms with E-state index in [9.17, 15) is 4.79 Å². The first-order chi connectivity index (χ1) is 8.79. The molecule has 18 heavy (non-hydrogen) atoms. The Bertz CT molecular complexity index is 358. The molecule has 100 valence electrons. The molecule has 0 N–H and O–H groups in total. The van der Waals surface area contributed by atoms with Gasteiger partial charge in [0.15, 0.2) is 0 Å². The fourth-order valence-corrected chi connectivity index (χ4v) is 3.30. The second kappa shape index (κ2) is 6.90. The Kier molecular flexibility index (Phi) is 5.20. The predicted octanol–water partition coefficient (Wildman–Crippen LogP) is 2.71. The van der Waals surface area contributed by atoms with Gasteiger partial charge in [-0.05, 0) is 30.7 Å². The normalized spacial score (nSPS) is 16.3. The van der Waals surface area contributed by atoms with Crippen molar-refractivity contribution >= 4 is 17.3 Å². The van der Waals surface area contributed by atoms with Gasteiger partial charge in [0.05, 0.1) is 13.7 Å². The lowest BCUT2D eigenvalue weighted by atomic mass is 10.2. The number of thiophene rings is 1. The van der Waals surface area contributed by atoms with Gasteiger partial charge in [0.25, 0.3) is 0 Å². The summed E-state index contributed by atoms with van der Waals surface area (Å²) < 4.78 is 4.80. The molecule has 1 aliphatic rings. The number of ether oxygens (including phenoxy) is 1. The molecular weight excluding hydrogens is 246 g/mol. The molecule has 1 heterocycles. The van der Waals surface area contributed by atoms with Crippen LogP contribution in [-0.2, 0) is 16.0 Å². The standard InChI is InChI=1S/C14H21NO2S/c1-17-14(16)11-15(12-5-2-3-6-12)9-8-13-7-4-10-18-13/h4,7,10,12H,2-3,5-6,8-9,11H2,1H3. The average molecular weight is 267 g/mol. The minimum Gasteiger partial charge on any atom is -0.468 e. The summed E-state index contributed by atoms with van der Waals surface area (Å²) in [6, 6.07) is 4.82. The topological polar surface area (TPSA) is 29.5 Å². The van der Waals surface area contributed by atoms with Crippen LogP contribution in [0.2, 0.25) is 0 Å². The van der Waals surface area contributed by atoms with Crippen LogP contribution >= 0.6 is 11.3 Å². The summed E-state index contributed by atoms with van der Waals surface area (Å²) in [6.07, 6.45) is 6.07. The van der Waals surface area contributed by atoms with Crippen LogP contribution in [0, 0.1) is 0 Å². The van der Waals surface area contributed by atoms with Crippen LogP contribution in [0.5, 0.6) is 0 Å². The van der Waals surface area contributed by atoms with Gasteiger partial charge in [-0.25, -0.2) is 0 Å². The molecule has 4 heteroatoms. The van der Waals surface area contributed by atoms with Crippen LogP contribution in [0.4, 0.5) is 0 Å². The monoisotopic (exact) mass is 267 g/mol. The highest BCUT2D eigenvalue weighted by molar-refractivity contribution is 7.09. The molecule has 1 aromatic heterocycles. The van der Waals surface area contributed by atoms with Crippen LogP contribution in [-0.4, -0.2) is 37.1 Å². The largest absolute Gasteiger partial charge is 0.468 e. The highest BCUT2D eigenvalue weighted by Crippen LogP contribution is 2.24. The molecule has 0 aromatic carbocycles. The summed E-state index contributed by atoms with van der Waals surface area (Å²) >= 11 is 1.79. The molecule has 0 radical (unpaired) electrons. The fraction of sp³-hybridized carbons (Fsp3) is 0.643. The van der Waals surface area contributed by atoms with Crippen molar-refractivity contribution in [3.8, 4) is 0 Å². The lowest BCUT2D eigenvalue weighted by Crippen LogP contribution is -2.39. The summed E-state index contributed by atoms with van der Waals surface area (Å²) in [5, 5.41) is 2.11. The van der Waals surface area contributed by atoms with Crippen LogP contribution in [0.25, 0.3) is 0 Å². The van der Waals surface area contributed by atoms with Crippen LogP contribution < -0.4 is 0 Å². The fourth-order valence-electron chi connectivity index (χ4n) is 2.60. The highest BCUT2D eigenvalue weighted by Gasteiger charge is 2.24. The molecule has 1 aliphatic carbocycles. The van der Waals surface area contributed by atoms with Gasteiger partial charge < -0.3 is 4.74 Å². The van der Waals surface area contributed by atoms with E-state index in [0.29, 0.717) is 12.6 Å². The Labute approximate surface area is 113 Å². The number of hydrogen-bond donors (Lipinski definition) is 0. The number of carbonyl (C=O) groups is 1. The van der Waals surface area contributed by atoms with Crippen molar-refractivity contribution in [2.75, 3.05) is 20.2 Å². The molecule has 0 saturated heterocycles. The second-order valence-corrected chi connectivity index (χ2v) is 5.85. The van der Waals surface area contributed by atoms with Crippen molar-refractivity contribution in [2.45, 2.75) is 38.1 Å². The van der Waals surface area contributed by atoms with Crippen LogP contribution in [0.3, 0.4) is 0 Å². The van der Waals surface area contributed by atoms with Crippen LogP contribution in [0.1, 0.15) is 30.6 Å². The molecule has 0 bridgehead atoms. The van der Waals surface area contributed by atoms with E-state index in [4.69, 9.17) is 4.74 Å². The Morgan fingerprint density at radius 2 is 2.28 bits per heavy atom. The van der Waals surface area contributed by atoms with E-state index in [-0.39, 0.29) is 5.97 Å². The maximum Gasteiger partial charge on any atom is 0.319 e. The zero-order chi connectivity index (χ0) is 12.8. The first kappa shape index (κ1) is 13.6. The summed E-state index contributed by atoms with van der Waals surface area (Å²) in [7, 11) is 1.47. The van der Waals surface area contributed by atoms with Crippen molar-refractivity contribution < 1.29 is 9.53 Å². The van der Waals surface area contributed by atoms with Crippen LogP contribution in [0.15, 0.2) is 17.5 Å². The first-order valence-electron chi connectivity index (χ1n) is 6.63. The average Bonchev–Trinajstić information content (AvgIpc) is 3.06. The van der Waals surface area contributed by atoms with E-state index in [1.54, 1.807) is 11.3 Å². The molecule has 0 atom stereocenters. The van der Waals surface area contributed by atoms with Gasteiger partial charge in [0.2, 0.25) is 0 Å². The number of rotatable bonds is 6. The Hall–Kier alpha value is -0.870. The van der Waals surface area contributed by atoms with Gasteiger partial charge in [0, 0.05) is 17.5 Å². The van der Waals surface area contributed by atoms with E-state index in [0.717, 1.165) is 13.0 Å². The molecule has 1 saturated carbocycles. The van der Waals surface area contributed by atoms with Gasteiger partial charge in [-0.1, -0.05) is 18.9 Å². The lowest BCUT2D eigenvalue weighted by molar-refractivity contribution is -0.142. The summed E-state index contributed by atoms with van der Waals surface area (Å²) in [5.74, 6) is -0.118. The lowest BCUT2D eigenvalue weighted by Gasteiger charge is -2.27. The number of nitrogens with zero attached hydrogens (tertiary/aromatic N) is 1. The molecular formula is C14H21NO2S. The zero-order valence-corrected chi connectivity index (χ0v) is 11.7. The molecule has 2 rings (SSSR count). The number of carbonyl (C=O) groups excluding carboxylic acids is 1. The van der Waals surface area contributed by atoms with E-state index in [1.165, 1.54) is 37.7 Å². The summed E-state index contributed by atoms with van der Waals surface area (Å²) in [5.41, 5.74) is 0. The Morgan fingerprint density at radius 1 is 1.50 bits per heavy atom. The third kappa shape index (κ3) is 3.82. The number of methoxy groups -OCH3 is 1. The summed E-state index contributed by atoms with van der Waals surface area (Å²) in [4.78, 5) is 15.2. The molecule has 1 fully saturated rings. The van der Waals surface area contributed by atoms with E-state index < -0.39 is 0 Å². The first-order valence-corrected chi connectivity index (χ1v) is 7.51. The van der Waals surface area contributed by atoms with E-state index in [1.807, 2.05) is 0 Å². The van der Waals surface area contributed by atoms with Crippen molar-refractivity contribution in [3.63, 3.8) is 0 Å². The predicted molar refractivity (Wildman–Crippen MR) is 73.9 cm³/mol. The maximum atomic E-state index is 11.5. The molecule has 0 amide bonds. The van der Waals surface area contributed by atoms with Gasteiger partial charge in [-0.2, -0.15) is 0 Å². The third-order valence-corrected chi connectivity index (χ3v) is 4.56. The Morgan fingerprint density at radius 3 is 2.89 bits per heavy atom. The highest BCUT2D eigenvalue weighted by atomic mass is 32.1. The minimum absolute atomic E-state index is 0.118. The molecule has 0 spiro atoms. The minimum atomic E-state index is -0.118.